The highest BCUT2D eigenvalue weighted by Gasteiger charge is 2.30. The third-order valence-electron chi connectivity index (χ3n) is 6.64. The molecule has 2 heterocycles. The van der Waals surface area contributed by atoms with E-state index in [9.17, 15) is 9.59 Å². The quantitative estimate of drug-likeness (QED) is 0.361. The van der Waals surface area contributed by atoms with Crippen LogP contribution in [0, 0.1) is 6.92 Å². The Labute approximate surface area is 221 Å². The molecule has 0 spiro atoms. The van der Waals surface area contributed by atoms with Crippen LogP contribution in [0.15, 0.2) is 77.4 Å². The largest absolute Gasteiger partial charge is 0.497 e. The number of hydrogen-bond donors (Lipinski definition) is 1. The van der Waals surface area contributed by atoms with E-state index in [-0.39, 0.29) is 36.0 Å². The van der Waals surface area contributed by atoms with Crippen molar-refractivity contribution in [2.75, 3.05) is 19.0 Å². The van der Waals surface area contributed by atoms with Crippen LogP contribution in [0.4, 0.5) is 5.69 Å². The lowest BCUT2D eigenvalue weighted by Gasteiger charge is -2.37. The van der Waals surface area contributed by atoms with Gasteiger partial charge in [-0.2, -0.15) is 0 Å². The summed E-state index contributed by atoms with van der Waals surface area (Å²) in [6, 6.07) is 21.0. The van der Waals surface area contributed by atoms with Crippen molar-refractivity contribution in [1.29, 1.82) is 0 Å². The highest BCUT2D eigenvalue weighted by Crippen LogP contribution is 2.37. The van der Waals surface area contributed by atoms with Crippen molar-refractivity contribution in [1.82, 2.24) is 9.88 Å². The molecule has 0 bridgehead atoms. The third kappa shape index (κ3) is 5.39. The van der Waals surface area contributed by atoms with Crippen LogP contribution in [0.3, 0.4) is 0 Å². The first-order chi connectivity index (χ1) is 18.4. The van der Waals surface area contributed by atoms with Crippen molar-refractivity contribution in [2.45, 2.75) is 32.9 Å². The fourth-order valence-electron chi connectivity index (χ4n) is 4.63. The van der Waals surface area contributed by atoms with Gasteiger partial charge in [0.25, 0.3) is 5.91 Å². The van der Waals surface area contributed by atoms with Crippen LogP contribution >= 0.6 is 0 Å². The molecule has 4 aromatic rings. The Balaban J connectivity index is 1.30. The third-order valence-corrected chi connectivity index (χ3v) is 6.64. The lowest BCUT2D eigenvalue weighted by molar-refractivity contribution is -0.130. The van der Waals surface area contributed by atoms with Gasteiger partial charge in [-0.25, -0.2) is 4.98 Å². The number of benzene rings is 3. The minimum absolute atomic E-state index is 0.0350. The molecule has 8 nitrogen and oxygen atoms in total. The van der Waals surface area contributed by atoms with Gasteiger partial charge in [0, 0.05) is 19.2 Å². The zero-order valence-corrected chi connectivity index (χ0v) is 21.6. The van der Waals surface area contributed by atoms with Crippen molar-refractivity contribution in [2.24, 2.45) is 0 Å². The highest BCUT2D eigenvalue weighted by molar-refractivity contribution is 6.02. The molecule has 2 amide bonds. The van der Waals surface area contributed by atoms with E-state index in [2.05, 4.69) is 34.6 Å². The molecule has 1 unspecified atom stereocenters. The molecular formula is C30H29N3O5. The Kier molecular flexibility index (Phi) is 7.13. The second kappa shape index (κ2) is 10.8. The summed E-state index contributed by atoms with van der Waals surface area (Å²) >= 11 is 0. The van der Waals surface area contributed by atoms with Gasteiger partial charge in [0.05, 0.1) is 13.2 Å². The number of carbonyl (C=O) groups is 2. The number of nitrogens with zero attached hydrogens (tertiary/aromatic N) is 2. The summed E-state index contributed by atoms with van der Waals surface area (Å²) < 4.78 is 16.6. The molecule has 0 saturated carbocycles. The van der Waals surface area contributed by atoms with E-state index < -0.39 is 0 Å². The SMILES string of the molecule is COc1ccc(NC(=O)c2coc(COc3ccc4c(c3)C(c3ccc(C)cc3)N(C(C)=O)CC4)n2)cc1. The van der Waals surface area contributed by atoms with Crippen LogP contribution in [0.25, 0.3) is 0 Å². The molecule has 0 saturated heterocycles. The first-order valence-electron chi connectivity index (χ1n) is 12.4. The molecule has 1 aromatic heterocycles. The minimum atomic E-state index is -0.385. The average molecular weight is 512 g/mol. The smallest absolute Gasteiger partial charge is 0.277 e. The molecule has 0 fully saturated rings. The standard InChI is InChI=1S/C30H29N3O5/c1-19-4-6-22(7-5-19)29-26-16-25(11-8-21(26)14-15-33(29)20(2)34)37-18-28-32-27(17-38-28)30(35)31-23-9-12-24(36-3)13-10-23/h4-13,16-17,29H,14-15,18H2,1-3H3,(H,31,35). The Morgan fingerprint density at radius 2 is 1.79 bits per heavy atom. The number of oxazole rings is 1. The summed E-state index contributed by atoms with van der Waals surface area (Å²) in [4.78, 5) is 31.2. The number of anilines is 1. The number of nitrogens with one attached hydrogen (secondary N) is 1. The Hall–Kier alpha value is -4.59. The number of aromatic nitrogens is 1. The molecule has 0 radical (unpaired) electrons. The fraction of sp³-hybridized carbons (Fsp3) is 0.233. The molecule has 5 rings (SSSR count). The summed E-state index contributed by atoms with van der Waals surface area (Å²) in [7, 11) is 1.58. The zero-order chi connectivity index (χ0) is 26.6. The van der Waals surface area contributed by atoms with Gasteiger partial charge in [-0.3, -0.25) is 9.59 Å². The first kappa shape index (κ1) is 25.1. The molecule has 1 aliphatic rings. The van der Waals surface area contributed by atoms with Crippen LogP contribution in [0.1, 0.15) is 51.6 Å². The zero-order valence-electron chi connectivity index (χ0n) is 21.6. The summed E-state index contributed by atoms with van der Waals surface area (Å²) in [6.07, 6.45) is 2.09. The molecule has 1 N–H and O–H groups in total. The van der Waals surface area contributed by atoms with E-state index in [1.54, 1.807) is 38.3 Å². The number of fused-ring (bicyclic) bond motifs is 1. The van der Waals surface area contributed by atoms with Crippen LogP contribution in [-0.4, -0.2) is 35.4 Å². The van der Waals surface area contributed by atoms with E-state index in [1.807, 2.05) is 30.0 Å². The second-order valence-electron chi connectivity index (χ2n) is 9.23. The van der Waals surface area contributed by atoms with Crippen LogP contribution in [0.5, 0.6) is 11.5 Å². The van der Waals surface area contributed by atoms with E-state index in [0.29, 0.717) is 23.7 Å². The monoisotopic (exact) mass is 511 g/mol. The number of ether oxygens (including phenoxy) is 2. The molecule has 1 aliphatic heterocycles. The lowest BCUT2D eigenvalue weighted by Crippen LogP contribution is -2.39. The normalized spacial score (nSPS) is 14.5. The first-order valence-corrected chi connectivity index (χ1v) is 12.4. The minimum Gasteiger partial charge on any atom is -0.497 e. The van der Waals surface area contributed by atoms with Gasteiger partial charge < -0.3 is 24.1 Å². The number of aryl methyl sites for hydroxylation is 1. The Bertz CT molecular complexity index is 1440. The summed E-state index contributed by atoms with van der Waals surface area (Å²) in [6.45, 7) is 4.38. The van der Waals surface area contributed by atoms with E-state index >= 15 is 0 Å². The van der Waals surface area contributed by atoms with Gasteiger partial charge in [-0.05, 0) is 66.4 Å². The number of hydrogen-bond acceptors (Lipinski definition) is 6. The predicted octanol–water partition coefficient (Wildman–Crippen LogP) is 5.32. The topological polar surface area (TPSA) is 93.9 Å². The highest BCUT2D eigenvalue weighted by atomic mass is 16.5. The van der Waals surface area contributed by atoms with E-state index in [0.717, 1.165) is 17.5 Å². The number of methoxy groups -OCH3 is 1. The van der Waals surface area contributed by atoms with Crippen LogP contribution in [0.2, 0.25) is 0 Å². The van der Waals surface area contributed by atoms with Gasteiger partial charge in [-0.15, -0.1) is 0 Å². The maximum absolute atomic E-state index is 12.6. The summed E-state index contributed by atoms with van der Waals surface area (Å²) in [5.41, 5.74) is 5.23. The van der Waals surface area contributed by atoms with Crippen molar-refractivity contribution in [3.05, 3.63) is 107 Å². The van der Waals surface area contributed by atoms with Gasteiger partial charge >= 0.3 is 0 Å². The summed E-state index contributed by atoms with van der Waals surface area (Å²) in [5.74, 6) is 1.26. The fourth-order valence-corrected chi connectivity index (χ4v) is 4.63. The van der Waals surface area contributed by atoms with Gasteiger partial charge in [-0.1, -0.05) is 35.9 Å². The van der Waals surface area contributed by atoms with Crippen molar-refractivity contribution < 1.29 is 23.5 Å². The Morgan fingerprint density at radius 1 is 1.05 bits per heavy atom. The lowest BCUT2D eigenvalue weighted by atomic mass is 9.87. The second-order valence-corrected chi connectivity index (χ2v) is 9.23. The van der Waals surface area contributed by atoms with Crippen LogP contribution < -0.4 is 14.8 Å². The van der Waals surface area contributed by atoms with E-state index in [1.165, 1.54) is 17.4 Å². The maximum atomic E-state index is 12.6. The number of amides is 2. The number of rotatable bonds is 7. The van der Waals surface area contributed by atoms with Gasteiger partial charge in [0.15, 0.2) is 12.3 Å². The van der Waals surface area contributed by atoms with Crippen LogP contribution in [-0.2, 0) is 17.8 Å². The van der Waals surface area contributed by atoms with Crippen molar-refractivity contribution in [3.63, 3.8) is 0 Å². The van der Waals surface area contributed by atoms with Gasteiger partial charge in [0.2, 0.25) is 11.8 Å². The van der Waals surface area contributed by atoms with Crippen molar-refractivity contribution >= 4 is 17.5 Å². The molecular weight excluding hydrogens is 482 g/mol. The molecule has 194 valence electrons. The predicted molar refractivity (Wildman–Crippen MR) is 142 cm³/mol. The molecule has 0 aliphatic carbocycles. The summed E-state index contributed by atoms with van der Waals surface area (Å²) in [5, 5.41) is 2.78. The Morgan fingerprint density at radius 3 is 2.50 bits per heavy atom. The van der Waals surface area contributed by atoms with Crippen molar-refractivity contribution in [3.8, 4) is 11.5 Å². The number of carbonyl (C=O) groups excluding carboxylic acids is 2. The molecule has 1 atom stereocenters. The maximum Gasteiger partial charge on any atom is 0.277 e. The van der Waals surface area contributed by atoms with Gasteiger partial charge in [0.1, 0.15) is 17.8 Å². The molecule has 3 aromatic carbocycles. The molecule has 38 heavy (non-hydrogen) atoms. The molecule has 8 heteroatoms. The van der Waals surface area contributed by atoms with E-state index in [4.69, 9.17) is 13.9 Å². The average Bonchev–Trinajstić information content (AvgIpc) is 3.41.